The molecule has 0 saturated heterocycles. The molecule has 6 nitrogen and oxygen atoms in total. The lowest BCUT2D eigenvalue weighted by molar-refractivity contribution is -0.121. The Balaban J connectivity index is 1.24. The van der Waals surface area contributed by atoms with Crippen LogP contribution in [0.4, 0.5) is 0 Å². The number of nitrogens with zero attached hydrogens (tertiary/aromatic N) is 3. The number of nitrogens with one attached hydrogen (secondary N) is 1. The first-order chi connectivity index (χ1) is 16.7. The number of carbonyl (C=O) groups excluding carboxylic acids is 1. The largest absolute Gasteiger partial charge is 0.354 e. The molecule has 4 aromatic rings. The van der Waals surface area contributed by atoms with Gasteiger partial charge < -0.3 is 9.88 Å². The maximum atomic E-state index is 12.6. The van der Waals surface area contributed by atoms with Crippen molar-refractivity contribution in [2.24, 2.45) is 0 Å². The zero-order valence-corrected chi connectivity index (χ0v) is 19.4. The summed E-state index contributed by atoms with van der Waals surface area (Å²) >= 11 is 0. The summed E-state index contributed by atoms with van der Waals surface area (Å²) in [5.41, 5.74) is 5.46. The van der Waals surface area contributed by atoms with E-state index in [4.69, 9.17) is 0 Å². The zero-order valence-electron chi connectivity index (χ0n) is 19.4. The third-order valence-corrected chi connectivity index (χ3v) is 6.60. The van der Waals surface area contributed by atoms with Crippen LogP contribution in [0, 0.1) is 0 Å². The number of fused-ring (bicyclic) bond motifs is 2. The second kappa shape index (κ2) is 10.1. The molecule has 6 heteroatoms. The highest BCUT2D eigenvalue weighted by atomic mass is 16.2. The third kappa shape index (κ3) is 4.96. The molecule has 5 rings (SSSR count). The van der Waals surface area contributed by atoms with Crippen LogP contribution in [0.15, 0.2) is 71.7 Å². The van der Waals surface area contributed by atoms with Gasteiger partial charge >= 0.3 is 0 Å². The highest BCUT2D eigenvalue weighted by molar-refractivity contribution is 5.84. The van der Waals surface area contributed by atoms with Crippen molar-refractivity contribution >= 4 is 16.8 Å². The molecule has 0 unspecified atom stereocenters. The minimum Gasteiger partial charge on any atom is -0.354 e. The number of rotatable bonds is 7. The van der Waals surface area contributed by atoms with Crippen LogP contribution in [0.1, 0.15) is 41.6 Å². The predicted molar refractivity (Wildman–Crippen MR) is 134 cm³/mol. The van der Waals surface area contributed by atoms with E-state index in [-0.39, 0.29) is 18.0 Å². The lowest BCUT2D eigenvalue weighted by Gasteiger charge is -2.10. The number of benzene rings is 2. The van der Waals surface area contributed by atoms with Crippen molar-refractivity contribution < 1.29 is 4.79 Å². The Bertz CT molecular complexity index is 1350. The zero-order chi connectivity index (χ0) is 23.3. The minimum atomic E-state index is -0.195. The van der Waals surface area contributed by atoms with Gasteiger partial charge in [-0.3, -0.25) is 9.59 Å². The van der Waals surface area contributed by atoms with Crippen LogP contribution in [-0.4, -0.2) is 26.8 Å². The summed E-state index contributed by atoms with van der Waals surface area (Å²) in [7, 11) is 0. The Hall–Kier alpha value is -3.67. The highest BCUT2D eigenvalue weighted by Crippen LogP contribution is 2.23. The molecule has 2 aromatic carbocycles. The van der Waals surface area contributed by atoms with Crippen molar-refractivity contribution in [3.8, 4) is 0 Å². The number of hydrogen-bond donors (Lipinski definition) is 1. The van der Waals surface area contributed by atoms with Crippen LogP contribution < -0.4 is 10.9 Å². The summed E-state index contributed by atoms with van der Waals surface area (Å²) < 4.78 is 3.58. The Morgan fingerprint density at radius 1 is 0.971 bits per heavy atom. The molecule has 0 aliphatic heterocycles. The average molecular weight is 455 g/mol. The maximum absolute atomic E-state index is 12.6. The first-order valence-electron chi connectivity index (χ1n) is 12.1. The number of para-hydroxylation sites is 1. The van der Waals surface area contributed by atoms with Gasteiger partial charge in [-0.05, 0) is 54.9 Å². The molecule has 2 heterocycles. The molecule has 1 N–H and O–H groups in total. The third-order valence-electron chi connectivity index (χ3n) is 6.60. The number of amides is 1. The molecule has 0 bridgehead atoms. The van der Waals surface area contributed by atoms with Crippen LogP contribution in [0.5, 0.6) is 0 Å². The summed E-state index contributed by atoms with van der Waals surface area (Å²) in [5.74, 6) is -0.184. The van der Waals surface area contributed by atoms with Gasteiger partial charge in [-0.1, -0.05) is 55.0 Å². The van der Waals surface area contributed by atoms with Gasteiger partial charge in [0.2, 0.25) is 5.91 Å². The molecular weight excluding hydrogens is 424 g/mol. The van der Waals surface area contributed by atoms with E-state index in [2.05, 4.69) is 63.6 Å². The van der Waals surface area contributed by atoms with Gasteiger partial charge in [0, 0.05) is 36.3 Å². The fourth-order valence-electron chi connectivity index (χ4n) is 4.85. The van der Waals surface area contributed by atoms with Crippen molar-refractivity contribution in [2.75, 3.05) is 6.54 Å². The summed E-state index contributed by atoms with van der Waals surface area (Å²) in [5, 5.41) is 8.68. The summed E-state index contributed by atoms with van der Waals surface area (Å²) in [6.45, 7) is 1.28. The predicted octanol–water partition coefficient (Wildman–Crippen LogP) is 3.87. The summed E-state index contributed by atoms with van der Waals surface area (Å²) in [6, 6.07) is 20.4. The quantitative estimate of drug-likeness (QED) is 0.431. The lowest BCUT2D eigenvalue weighted by Crippen LogP contribution is -2.35. The Morgan fingerprint density at radius 3 is 2.65 bits per heavy atom. The van der Waals surface area contributed by atoms with Crippen molar-refractivity contribution in [2.45, 2.75) is 51.6 Å². The molecule has 0 spiro atoms. The summed E-state index contributed by atoms with van der Waals surface area (Å²) in [6.07, 6.45) is 8.03. The molecule has 0 atom stereocenters. The molecular formula is C28H30N4O2. The van der Waals surface area contributed by atoms with Gasteiger partial charge in [-0.2, -0.15) is 5.10 Å². The highest BCUT2D eigenvalue weighted by Gasteiger charge is 2.14. The van der Waals surface area contributed by atoms with Gasteiger partial charge in [0.15, 0.2) is 0 Å². The topological polar surface area (TPSA) is 68.9 Å². The van der Waals surface area contributed by atoms with Crippen LogP contribution in [0.25, 0.3) is 10.9 Å². The van der Waals surface area contributed by atoms with E-state index in [9.17, 15) is 9.59 Å². The van der Waals surface area contributed by atoms with E-state index in [1.54, 1.807) is 6.07 Å². The first kappa shape index (κ1) is 22.1. The second-order valence-electron chi connectivity index (χ2n) is 9.06. The van der Waals surface area contributed by atoms with Crippen LogP contribution in [0.3, 0.4) is 0 Å². The molecule has 0 fully saturated rings. The molecule has 34 heavy (non-hydrogen) atoms. The van der Waals surface area contributed by atoms with Crippen LogP contribution >= 0.6 is 0 Å². The average Bonchev–Trinajstić information content (AvgIpc) is 3.02. The standard InChI is InChI=1S/C28H30N4O2/c33-27(20-32-28(34)17-22-11-5-2-6-13-25(22)30-32)29-16-15-23-19-31(18-21-9-3-1-4-10-21)26-14-8-7-12-24(23)26/h1,3-4,7-10,12,14,17,19H,2,5-6,11,13,15-16,18,20H2,(H,29,33). The van der Waals surface area contributed by atoms with Crippen molar-refractivity contribution in [3.05, 3.63) is 99.6 Å². The number of aromatic nitrogens is 3. The molecule has 1 aliphatic rings. The fraction of sp³-hybridized carbons (Fsp3) is 0.321. The smallest absolute Gasteiger partial charge is 0.267 e. The van der Waals surface area contributed by atoms with E-state index in [0.29, 0.717) is 6.54 Å². The van der Waals surface area contributed by atoms with Crippen molar-refractivity contribution in [1.82, 2.24) is 19.7 Å². The van der Waals surface area contributed by atoms with E-state index >= 15 is 0 Å². The van der Waals surface area contributed by atoms with E-state index < -0.39 is 0 Å². The second-order valence-corrected chi connectivity index (χ2v) is 9.06. The molecule has 0 radical (unpaired) electrons. The number of carbonyl (C=O) groups is 1. The van der Waals surface area contributed by atoms with Crippen LogP contribution in [-0.2, 0) is 37.1 Å². The monoisotopic (exact) mass is 454 g/mol. The van der Waals surface area contributed by atoms with Crippen molar-refractivity contribution in [3.63, 3.8) is 0 Å². The van der Waals surface area contributed by atoms with Crippen molar-refractivity contribution in [1.29, 1.82) is 0 Å². The van der Waals surface area contributed by atoms with Crippen LogP contribution in [0.2, 0.25) is 0 Å². The van der Waals surface area contributed by atoms with E-state index in [0.717, 1.165) is 56.3 Å². The molecule has 1 aliphatic carbocycles. The Morgan fingerprint density at radius 2 is 1.76 bits per heavy atom. The van der Waals surface area contributed by atoms with Gasteiger partial charge in [0.1, 0.15) is 6.54 Å². The number of hydrogen-bond acceptors (Lipinski definition) is 3. The van der Waals surface area contributed by atoms with Gasteiger partial charge in [0.25, 0.3) is 5.56 Å². The summed E-state index contributed by atoms with van der Waals surface area (Å²) in [4.78, 5) is 25.0. The molecule has 0 saturated carbocycles. The Kier molecular flexibility index (Phi) is 6.56. The van der Waals surface area contributed by atoms with E-state index in [1.807, 2.05) is 12.1 Å². The van der Waals surface area contributed by atoms with Gasteiger partial charge in [-0.25, -0.2) is 4.68 Å². The Labute approximate surface area is 199 Å². The molecule has 174 valence electrons. The lowest BCUT2D eigenvalue weighted by atomic mass is 10.1. The van der Waals surface area contributed by atoms with Gasteiger partial charge in [-0.15, -0.1) is 0 Å². The molecule has 2 aromatic heterocycles. The minimum absolute atomic E-state index is 0.0398. The fourth-order valence-corrected chi connectivity index (χ4v) is 4.85. The normalized spacial score (nSPS) is 13.4. The van der Waals surface area contributed by atoms with Gasteiger partial charge in [0.05, 0.1) is 5.69 Å². The van der Waals surface area contributed by atoms with E-state index in [1.165, 1.54) is 26.7 Å². The molecule has 1 amide bonds. The maximum Gasteiger partial charge on any atom is 0.267 e. The number of aryl methyl sites for hydroxylation is 2. The SMILES string of the molecule is O=C(Cn1nc2c(cc1=O)CCCCC2)NCCc1cn(Cc2ccccc2)c2ccccc12. The first-order valence-corrected chi connectivity index (χ1v) is 12.1.